The molecule has 1 aliphatic rings. The number of rotatable bonds is 2. The summed E-state index contributed by atoms with van der Waals surface area (Å²) in [4.78, 5) is 14.5. The number of ether oxygens (including phenoxy) is 2. The maximum Gasteiger partial charge on any atom is 0.260 e. The van der Waals surface area contributed by atoms with Crippen molar-refractivity contribution in [3.63, 3.8) is 0 Å². The summed E-state index contributed by atoms with van der Waals surface area (Å²) in [6.45, 7) is 0.957. The van der Waals surface area contributed by atoms with Gasteiger partial charge in [-0.25, -0.2) is 0 Å². The highest BCUT2D eigenvalue weighted by atomic mass is 16.5. The number of anilines is 2. The minimum absolute atomic E-state index is 0.151. The molecule has 0 atom stereocenters. The van der Waals surface area contributed by atoms with Crippen molar-refractivity contribution in [2.75, 3.05) is 30.9 Å². The normalized spacial score (nSPS) is 13.3. The molecule has 108 valence electrons. The Hall–Kier alpha value is -2.69. The first-order valence-electron chi connectivity index (χ1n) is 6.68. The minimum Gasteiger partial charge on any atom is -0.495 e. The average Bonchev–Trinajstić information content (AvgIpc) is 2.54. The Morgan fingerprint density at radius 3 is 2.86 bits per heavy atom. The van der Waals surface area contributed by atoms with Gasteiger partial charge in [0.15, 0.2) is 0 Å². The Kier molecular flexibility index (Phi) is 3.39. The van der Waals surface area contributed by atoms with Crippen LogP contribution in [0.25, 0.3) is 0 Å². The Labute approximate surface area is 122 Å². The van der Waals surface area contributed by atoms with Gasteiger partial charge < -0.3 is 20.1 Å². The molecule has 5 nitrogen and oxygen atoms in total. The number of methoxy groups -OCH3 is 1. The zero-order valence-corrected chi connectivity index (χ0v) is 11.7. The summed E-state index contributed by atoms with van der Waals surface area (Å²) in [6, 6.07) is 12.7. The van der Waals surface area contributed by atoms with Gasteiger partial charge in [0.1, 0.15) is 18.1 Å². The fourth-order valence-electron chi connectivity index (χ4n) is 2.43. The summed E-state index contributed by atoms with van der Waals surface area (Å²) < 4.78 is 10.7. The van der Waals surface area contributed by atoms with E-state index in [1.54, 1.807) is 23.1 Å². The zero-order valence-electron chi connectivity index (χ0n) is 11.7. The van der Waals surface area contributed by atoms with Crippen LogP contribution in [0.2, 0.25) is 0 Å². The first-order valence-corrected chi connectivity index (χ1v) is 6.68. The van der Waals surface area contributed by atoms with Gasteiger partial charge >= 0.3 is 0 Å². The monoisotopic (exact) mass is 284 g/mol. The van der Waals surface area contributed by atoms with Crippen LogP contribution in [-0.2, 0) is 0 Å². The topological polar surface area (TPSA) is 64.8 Å². The summed E-state index contributed by atoms with van der Waals surface area (Å²) in [7, 11) is 1.53. The van der Waals surface area contributed by atoms with Crippen LogP contribution in [0, 0.1) is 0 Å². The molecule has 2 N–H and O–H groups in total. The second kappa shape index (κ2) is 5.36. The number of carbonyl (C=O) groups is 1. The van der Waals surface area contributed by atoms with E-state index in [0.29, 0.717) is 35.9 Å². The number of hydrogen-bond donors (Lipinski definition) is 1. The lowest BCUT2D eigenvalue weighted by Crippen LogP contribution is -2.38. The molecular weight excluding hydrogens is 268 g/mol. The summed E-state index contributed by atoms with van der Waals surface area (Å²) >= 11 is 0. The van der Waals surface area contributed by atoms with Crippen LogP contribution in [0.15, 0.2) is 42.5 Å². The smallest absolute Gasteiger partial charge is 0.260 e. The van der Waals surface area contributed by atoms with Crippen LogP contribution >= 0.6 is 0 Å². The van der Waals surface area contributed by atoms with Crippen molar-refractivity contribution in [1.82, 2.24) is 0 Å². The molecule has 0 aromatic heterocycles. The van der Waals surface area contributed by atoms with Gasteiger partial charge in [0, 0.05) is 0 Å². The molecule has 0 fully saturated rings. The number of para-hydroxylation sites is 3. The third-order valence-electron chi connectivity index (χ3n) is 3.49. The van der Waals surface area contributed by atoms with Crippen molar-refractivity contribution >= 4 is 17.3 Å². The van der Waals surface area contributed by atoms with E-state index in [1.165, 1.54) is 7.11 Å². The number of benzene rings is 2. The highest BCUT2D eigenvalue weighted by Crippen LogP contribution is 2.34. The number of hydrogen-bond acceptors (Lipinski definition) is 4. The quantitative estimate of drug-likeness (QED) is 0.860. The lowest BCUT2D eigenvalue weighted by molar-refractivity contribution is 0.0977. The number of amides is 1. The molecule has 3 rings (SSSR count). The molecule has 0 saturated carbocycles. The van der Waals surface area contributed by atoms with Crippen LogP contribution in [-0.4, -0.2) is 26.2 Å². The molecule has 2 aromatic carbocycles. The van der Waals surface area contributed by atoms with Gasteiger partial charge in [-0.3, -0.25) is 4.79 Å². The highest BCUT2D eigenvalue weighted by Gasteiger charge is 2.26. The second-order valence-electron chi connectivity index (χ2n) is 4.69. The molecule has 1 aliphatic heterocycles. The maximum atomic E-state index is 12.8. The van der Waals surface area contributed by atoms with Crippen molar-refractivity contribution in [1.29, 1.82) is 0 Å². The predicted octanol–water partition coefficient (Wildman–Crippen LogP) is 2.32. The van der Waals surface area contributed by atoms with Crippen molar-refractivity contribution in [2.24, 2.45) is 0 Å². The van der Waals surface area contributed by atoms with Crippen LogP contribution in [0.3, 0.4) is 0 Å². The van der Waals surface area contributed by atoms with Crippen LogP contribution in [0.1, 0.15) is 10.4 Å². The molecule has 0 unspecified atom stereocenters. The van der Waals surface area contributed by atoms with E-state index in [1.807, 2.05) is 24.3 Å². The largest absolute Gasteiger partial charge is 0.495 e. The third-order valence-corrected chi connectivity index (χ3v) is 3.49. The molecular formula is C16H16N2O3. The van der Waals surface area contributed by atoms with Gasteiger partial charge in [-0.15, -0.1) is 0 Å². The lowest BCUT2D eigenvalue weighted by atomic mass is 10.1. The van der Waals surface area contributed by atoms with Crippen LogP contribution in [0.5, 0.6) is 11.5 Å². The number of nitrogens with zero attached hydrogens (tertiary/aromatic N) is 1. The fourth-order valence-corrected chi connectivity index (χ4v) is 2.43. The van der Waals surface area contributed by atoms with Crippen molar-refractivity contribution in [3.8, 4) is 11.5 Å². The Morgan fingerprint density at radius 1 is 1.24 bits per heavy atom. The van der Waals surface area contributed by atoms with Crippen molar-refractivity contribution in [3.05, 3.63) is 48.0 Å². The highest BCUT2D eigenvalue weighted by molar-refractivity contribution is 6.10. The first kappa shape index (κ1) is 13.3. The number of fused-ring (bicyclic) bond motifs is 1. The number of nitrogens with two attached hydrogens (primary N) is 1. The average molecular weight is 284 g/mol. The van der Waals surface area contributed by atoms with E-state index in [0.717, 1.165) is 5.69 Å². The molecule has 0 saturated heterocycles. The van der Waals surface area contributed by atoms with Gasteiger partial charge in [0.2, 0.25) is 0 Å². The van der Waals surface area contributed by atoms with E-state index in [9.17, 15) is 4.79 Å². The first-order chi connectivity index (χ1) is 10.2. The summed E-state index contributed by atoms with van der Waals surface area (Å²) in [5.74, 6) is 1.06. The Balaban J connectivity index is 2.01. The number of nitrogen functional groups attached to an aromatic ring is 1. The Bertz CT molecular complexity index is 685. The minimum atomic E-state index is -0.151. The van der Waals surface area contributed by atoms with E-state index < -0.39 is 0 Å². The number of carbonyl (C=O) groups excluding carboxylic acids is 1. The molecule has 0 radical (unpaired) electrons. The molecule has 21 heavy (non-hydrogen) atoms. The van der Waals surface area contributed by atoms with Gasteiger partial charge in [0.25, 0.3) is 5.91 Å². The molecule has 2 aromatic rings. The van der Waals surface area contributed by atoms with Gasteiger partial charge in [-0.2, -0.15) is 0 Å². The standard InChI is InChI=1S/C16H16N2O3/c1-20-14-8-4-5-11(15(14)17)16(19)18-9-10-21-13-7-3-2-6-12(13)18/h2-8H,9-10,17H2,1H3. The van der Waals surface area contributed by atoms with Crippen molar-refractivity contribution in [2.45, 2.75) is 0 Å². The Morgan fingerprint density at radius 2 is 2.05 bits per heavy atom. The molecule has 0 aliphatic carbocycles. The molecule has 0 bridgehead atoms. The molecule has 1 heterocycles. The van der Waals surface area contributed by atoms with E-state index in [2.05, 4.69) is 0 Å². The van der Waals surface area contributed by atoms with Gasteiger partial charge in [0.05, 0.1) is 30.6 Å². The summed E-state index contributed by atoms with van der Waals surface area (Å²) in [6.07, 6.45) is 0. The molecule has 0 spiro atoms. The van der Waals surface area contributed by atoms with Gasteiger partial charge in [-0.1, -0.05) is 18.2 Å². The van der Waals surface area contributed by atoms with Crippen molar-refractivity contribution < 1.29 is 14.3 Å². The second-order valence-corrected chi connectivity index (χ2v) is 4.69. The van der Waals surface area contributed by atoms with E-state index in [4.69, 9.17) is 15.2 Å². The van der Waals surface area contributed by atoms with E-state index >= 15 is 0 Å². The maximum absolute atomic E-state index is 12.8. The lowest BCUT2D eigenvalue weighted by Gasteiger charge is -2.29. The molecule has 5 heteroatoms. The van der Waals surface area contributed by atoms with Gasteiger partial charge in [-0.05, 0) is 24.3 Å². The summed E-state index contributed by atoms with van der Waals surface area (Å²) in [5, 5.41) is 0. The van der Waals surface area contributed by atoms with E-state index in [-0.39, 0.29) is 5.91 Å². The molecule has 1 amide bonds. The van der Waals surface area contributed by atoms with Crippen LogP contribution < -0.4 is 20.1 Å². The summed E-state index contributed by atoms with van der Waals surface area (Å²) in [5.41, 5.74) is 7.57. The zero-order chi connectivity index (χ0) is 14.8. The van der Waals surface area contributed by atoms with Crippen LogP contribution in [0.4, 0.5) is 11.4 Å². The third kappa shape index (κ3) is 2.27. The fraction of sp³-hybridized carbons (Fsp3) is 0.188. The predicted molar refractivity (Wildman–Crippen MR) is 81.0 cm³/mol. The SMILES string of the molecule is COc1cccc(C(=O)N2CCOc3ccccc32)c1N.